The Morgan fingerprint density at radius 3 is 2.38 bits per heavy atom. The van der Waals surface area contributed by atoms with E-state index in [-0.39, 0.29) is 6.04 Å². The lowest BCUT2D eigenvalue weighted by Gasteiger charge is -2.26. The number of rotatable bonds is 5. The summed E-state index contributed by atoms with van der Waals surface area (Å²) in [5.74, 6) is -1.13. The molecule has 7 heteroatoms. The van der Waals surface area contributed by atoms with Gasteiger partial charge in [0.2, 0.25) is 0 Å². The maximum atomic E-state index is 12.1. The number of amides is 2. The Balaban J connectivity index is 2.56. The summed E-state index contributed by atoms with van der Waals surface area (Å²) in [6, 6.07) is -0.756. The van der Waals surface area contributed by atoms with Crippen molar-refractivity contribution >= 4 is 12.0 Å². The number of alkyl halides is 2. The third-order valence-electron chi connectivity index (χ3n) is 2.28. The quantitative estimate of drug-likeness (QED) is 0.769. The standard InChI is InChI=1S/C9H14F2N2O3/c1-12(4-7(10)11)9(16)13(5-8(14)15)6-2-3-6/h6-7H,2-5H2,1H3,(H,14,15). The number of carboxylic acid groups (broad SMARTS) is 1. The summed E-state index contributed by atoms with van der Waals surface area (Å²) < 4.78 is 24.1. The highest BCUT2D eigenvalue weighted by molar-refractivity contribution is 5.80. The lowest BCUT2D eigenvalue weighted by atomic mass is 10.4. The molecule has 0 spiro atoms. The summed E-state index contributed by atoms with van der Waals surface area (Å²) in [5, 5.41) is 8.61. The van der Waals surface area contributed by atoms with Crippen molar-refractivity contribution in [1.29, 1.82) is 0 Å². The van der Waals surface area contributed by atoms with E-state index >= 15 is 0 Å². The van der Waals surface area contributed by atoms with E-state index in [1.807, 2.05) is 0 Å². The predicted molar refractivity (Wildman–Crippen MR) is 51.4 cm³/mol. The van der Waals surface area contributed by atoms with Gasteiger partial charge in [0.15, 0.2) is 0 Å². The molecule has 0 heterocycles. The maximum absolute atomic E-state index is 12.1. The summed E-state index contributed by atoms with van der Waals surface area (Å²) in [4.78, 5) is 24.2. The number of halogens is 2. The molecule has 5 nitrogen and oxygen atoms in total. The smallest absolute Gasteiger partial charge is 0.323 e. The molecule has 1 aliphatic rings. The average molecular weight is 236 g/mol. The van der Waals surface area contributed by atoms with E-state index in [0.29, 0.717) is 0 Å². The number of urea groups is 1. The van der Waals surface area contributed by atoms with Gasteiger partial charge in [-0.1, -0.05) is 0 Å². The topological polar surface area (TPSA) is 60.9 Å². The SMILES string of the molecule is CN(CC(F)F)C(=O)N(CC(=O)O)C1CC1. The summed E-state index contributed by atoms with van der Waals surface area (Å²) in [6.45, 7) is -1.11. The number of aliphatic carboxylic acids is 1. The van der Waals surface area contributed by atoms with Crippen LogP contribution in [-0.2, 0) is 4.79 Å². The molecule has 0 bridgehead atoms. The largest absolute Gasteiger partial charge is 0.480 e. The third kappa shape index (κ3) is 3.63. The van der Waals surface area contributed by atoms with Crippen LogP contribution in [0.4, 0.5) is 13.6 Å². The number of hydrogen-bond acceptors (Lipinski definition) is 2. The molecule has 1 rings (SSSR count). The second kappa shape index (κ2) is 5.09. The molecule has 0 saturated heterocycles. The van der Waals surface area contributed by atoms with Crippen molar-refractivity contribution in [2.75, 3.05) is 20.1 Å². The van der Waals surface area contributed by atoms with Gasteiger partial charge in [-0.05, 0) is 12.8 Å². The highest BCUT2D eigenvalue weighted by Gasteiger charge is 2.35. The van der Waals surface area contributed by atoms with Crippen molar-refractivity contribution in [2.24, 2.45) is 0 Å². The number of carbonyl (C=O) groups excluding carboxylic acids is 1. The van der Waals surface area contributed by atoms with Gasteiger partial charge < -0.3 is 14.9 Å². The molecular formula is C9H14F2N2O3. The monoisotopic (exact) mass is 236 g/mol. The van der Waals surface area contributed by atoms with Crippen LogP contribution >= 0.6 is 0 Å². The van der Waals surface area contributed by atoms with Crippen molar-refractivity contribution < 1.29 is 23.5 Å². The molecule has 1 aliphatic carbocycles. The predicted octanol–water partition coefficient (Wildman–Crippen LogP) is 0.852. The lowest BCUT2D eigenvalue weighted by Crippen LogP contribution is -2.46. The minimum Gasteiger partial charge on any atom is -0.480 e. The Morgan fingerprint density at radius 1 is 1.44 bits per heavy atom. The Bertz CT molecular complexity index is 282. The highest BCUT2D eigenvalue weighted by atomic mass is 19.3. The fraction of sp³-hybridized carbons (Fsp3) is 0.778. The van der Waals surface area contributed by atoms with E-state index in [4.69, 9.17) is 5.11 Å². The van der Waals surface area contributed by atoms with Crippen LogP contribution in [0.2, 0.25) is 0 Å². The zero-order valence-corrected chi connectivity index (χ0v) is 8.90. The maximum Gasteiger partial charge on any atom is 0.323 e. The van der Waals surface area contributed by atoms with Gasteiger partial charge in [0.25, 0.3) is 6.43 Å². The van der Waals surface area contributed by atoms with Crippen molar-refractivity contribution in [3.63, 3.8) is 0 Å². The van der Waals surface area contributed by atoms with Crippen LogP contribution in [-0.4, -0.2) is 59.5 Å². The van der Waals surface area contributed by atoms with Crippen LogP contribution < -0.4 is 0 Å². The molecule has 0 aromatic heterocycles. The summed E-state index contributed by atoms with van der Waals surface area (Å²) in [6.07, 6.45) is -1.14. The molecule has 16 heavy (non-hydrogen) atoms. The van der Waals surface area contributed by atoms with Gasteiger partial charge >= 0.3 is 12.0 Å². The summed E-state index contributed by atoms with van der Waals surface area (Å²) in [5.41, 5.74) is 0. The Labute approximate surface area is 91.6 Å². The molecule has 0 aromatic rings. The molecule has 0 aliphatic heterocycles. The van der Waals surface area contributed by atoms with Crippen LogP contribution in [0.5, 0.6) is 0 Å². The van der Waals surface area contributed by atoms with Crippen LogP contribution in [0, 0.1) is 0 Å². The summed E-state index contributed by atoms with van der Waals surface area (Å²) in [7, 11) is 1.24. The van der Waals surface area contributed by atoms with Gasteiger partial charge in [0.05, 0.1) is 6.54 Å². The van der Waals surface area contributed by atoms with Crippen molar-refractivity contribution in [2.45, 2.75) is 25.3 Å². The van der Waals surface area contributed by atoms with Gasteiger partial charge in [0.1, 0.15) is 6.54 Å². The Morgan fingerprint density at radius 2 is 2.00 bits per heavy atom. The van der Waals surface area contributed by atoms with Crippen LogP contribution in [0.25, 0.3) is 0 Å². The van der Waals surface area contributed by atoms with Gasteiger partial charge in [0, 0.05) is 13.1 Å². The van der Waals surface area contributed by atoms with Crippen molar-refractivity contribution in [3.8, 4) is 0 Å². The molecular weight excluding hydrogens is 222 g/mol. The zero-order valence-electron chi connectivity index (χ0n) is 8.90. The first kappa shape index (κ1) is 12.7. The lowest BCUT2D eigenvalue weighted by molar-refractivity contribution is -0.137. The van der Waals surface area contributed by atoms with E-state index in [0.717, 1.165) is 22.6 Å². The van der Waals surface area contributed by atoms with Gasteiger partial charge in [-0.2, -0.15) is 0 Å². The number of carboxylic acids is 1. The Hall–Kier alpha value is -1.40. The number of hydrogen-bond donors (Lipinski definition) is 1. The molecule has 0 unspecified atom stereocenters. The molecule has 1 fully saturated rings. The molecule has 92 valence electrons. The van der Waals surface area contributed by atoms with Crippen LogP contribution in [0.15, 0.2) is 0 Å². The van der Waals surface area contributed by atoms with Crippen LogP contribution in [0.1, 0.15) is 12.8 Å². The van der Waals surface area contributed by atoms with E-state index in [1.165, 1.54) is 7.05 Å². The molecule has 0 aromatic carbocycles. The average Bonchev–Trinajstić information content (AvgIpc) is 2.94. The minimum absolute atomic E-state index is 0.108. The second-order valence-corrected chi connectivity index (χ2v) is 3.81. The van der Waals surface area contributed by atoms with Gasteiger partial charge in [-0.3, -0.25) is 4.79 Å². The fourth-order valence-corrected chi connectivity index (χ4v) is 1.39. The van der Waals surface area contributed by atoms with Crippen molar-refractivity contribution in [3.05, 3.63) is 0 Å². The first-order chi connectivity index (χ1) is 7.41. The molecule has 0 radical (unpaired) electrons. The van der Waals surface area contributed by atoms with Gasteiger partial charge in [-0.15, -0.1) is 0 Å². The number of carbonyl (C=O) groups is 2. The second-order valence-electron chi connectivity index (χ2n) is 3.81. The van der Waals surface area contributed by atoms with E-state index in [2.05, 4.69) is 0 Å². The number of nitrogens with zero attached hydrogens (tertiary/aromatic N) is 2. The minimum atomic E-state index is -2.61. The van der Waals surface area contributed by atoms with Crippen molar-refractivity contribution in [1.82, 2.24) is 9.80 Å². The van der Waals surface area contributed by atoms with Gasteiger partial charge in [-0.25, -0.2) is 13.6 Å². The fourth-order valence-electron chi connectivity index (χ4n) is 1.39. The molecule has 1 saturated carbocycles. The molecule has 2 amide bonds. The third-order valence-corrected chi connectivity index (χ3v) is 2.28. The zero-order chi connectivity index (χ0) is 12.3. The highest BCUT2D eigenvalue weighted by Crippen LogP contribution is 2.27. The van der Waals surface area contributed by atoms with E-state index < -0.39 is 31.5 Å². The van der Waals surface area contributed by atoms with Crippen LogP contribution in [0.3, 0.4) is 0 Å². The first-order valence-electron chi connectivity index (χ1n) is 4.93. The summed E-state index contributed by atoms with van der Waals surface area (Å²) >= 11 is 0. The van der Waals surface area contributed by atoms with E-state index in [1.54, 1.807) is 0 Å². The molecule has 1 N–H and O–H groups in total. The molecule has 0 atom stereocenters. The van der Waals surface area contributed by atoms with E-state index in [9.17, 15) is 18.4 Å². The first-order valence-corrected chi connectivity index (χ1v) is 4.93. The Kier molecular flexibility index (Phi) is 4.03. The normalized spacial score (nSPS) is 15.0.